The van der Waals surface area contributed by atoms with E-state index in [1.165, 1.54) is 4.90 Å². The Morgan fingerprint density at radius 1 is 0.793 bits per heavy atom. The Bertz CT molecular complexity index is 1020. The minimum atomic E-state index is -1.21. The number of carbonyl (C=O) groups excluding carboxylic acids is 3. The fourth-order valence-electron chi connectivity index (χ4n) is 3.58. The third-order valence-corrected chi connectivity index (χ3v) is 4.96. The number of nitrogens with zero attached hydrogens (tertiary/aromatic N) is 1. The number of carbonyl (C=O) groups is 3. The third kappa shape index (κ3) is 3.67. The molecule has 144 valence electrons. The number of rotatable bonds is 5. The van der Waals surface area contributed by atoms with Crippen LogP contribution in [0.4, 0.5) is 5.69 Å². The average Bonchev–Trinajstić information content (AvgIpc) is 3.05. The highest BCUT2D eigenvalue weighted by atomic mass is 16.5. The monoisotopic (exact) mass is 385 g/mol. The zero-order valence-electron chi connectivity index (χ0n) is 15.6. The molecule has 0 N–H and O–H groups in total. The van der Waals surface area contributed by atoms with Gasteiger partial charge >= 0.3 is 5.97 Å². The Morgan fingerprint density at radius 2 is 1.34 bits per heavy atom. The summed E-state index contributed by atoms with van der Waals surface area (Å²) in [5, 5.41) is 0. The normalized spacial score (nSPS) is 18.7. The third-order valence-electron chi connectivity index (χ3n) is 4.96. The van der Waals surface area contributed by atoms with Gasteiger partial charge in [-0.05, 0) is 23.3 Å². The molecule has 1 aliphatic heterocycles. The van der Waals surface area contributed by atoms with Crippen LogP contribution in [-0.2, 0) is 25.7 Å². The summed E-state index contributed by atoms with van der Waals surface area (Å²) < 4.78 is 5.43. The average molecular weight is 385 g/mol. The molecular formula is C24H19NO4. The number of ether oxygens (including phenoxy) is 1. The molecule has 0 unspecified atom stereocenters. The van der Waals surface area contributed by atoms with Gasteiger partial charge in [0.2, 0.25) is 5.78 Å². The summed E-state index contributed by atoms with van der Waals surface area (Å²) in [6.45, 7) is 0.0461. The molecule has 0 radical (unpaired) electrons. The first-order chi connectivity index (χ1) is 14.2. The summed E-state index contributed by atoms with van der Waals surface area (Å²) in [6.07, 6.45) is 0. The second-order valence-electron chi connectivity index (χ2n) is 6.80. The Hall–Kier alpha value is -3.73. The van der Waals surface area contributed by atoms with Crippen molar-refractivity contribution in [2.45, 2.75) is 12.6 Å². The number of hydrogen-bond acceptors (Lipinski definition) is 4. The predicted octanol–water partition coefficient (Wildman–Crippen LogP) is 3.70. The fraction of sp³-hybridized carbons (Fsp3) is 0.125. The number of amides is 1. The van der Waals surface area contributed by atoms with E-state index >= 15 is 0 Å². The lowest BCUT2D eigenvalue weighted by atomic mass is 9.92. The summed E-state index contributed by atoms with van der Waals surface area (Å²) in [7, 11) is 0. The van der Waals surface area contributed by atoms with Gasteiger partial charge in [-0.15, -0.1) is 0 Å². The van der Waals surface area contributed by atoms with Crippen molar-refractivity contribution in [2.24, 2.45) is 5.92 Å². The molecule has 5 heteroatoms. The van der Waals surface area contributed by atoms with Gasteiger partial charge in [-0.2, -0.15) is 0 Å². The van der Waals surface area contributed by atoms with Crippen molar-refractivity contribution in [3.63, 3.8) is 0 Å². The number of para-hydroxylation sites is 1. The number of benzene rings is 3. The standard InChI is InChI=1S/C24H19NO4/c26-22-20(24(28)29-16-17-10-4-1-5-11-17)21(18-12-6-2-7-13-18)25(23(22)27)19-14-8-3-9-15-19/h1-15,20-21H,16H2/t20-,21-/m1/s1. The number of anilines is 1. The molecule has 5 nitrogen and oxygen atoms in total. The van der Waals surface area contributed by atoms with Crippen molar-refractivity contribution in [3.8, 4) is 0 Å². The maximum Gasteiger partial charge on any atom is 0.319 e. The molecule has 1 aliphatic rings. The lowest BCUT2D eigenvalue weighted by molar-refractivity contribution is -0.154. The molecule has 0 aromatic heterocycles. The second kappa shape index (κ2) is 8.10. The molecule has 2 atom stereocenters. The van der Waals surface area contributed by atoms with Crippen LogP contribution in [0.5, 0.6) is 0 Å². The van der Waals surface area contributed by atoms with Crippen LogP contribution in [0, 0.1) is 5.92 Å². The second-order valence-corrected chi connectivity index (χ2v) is 6.80. The molecule has 0 aliphatic carbocycles. The smallest absolute Gasteiger partial charge is 0.319 e. The van der Waals surface area contributed by atoms with E-state index in [9.17, 15) is 14.4 Å². The van der Waals surface area contributed by atoms with E-state index in [1.807, 2.05) is 66.7 Å². The molecule has 0 bridgehead atoms. The van der Waals surface area contributed by atoms with Gasteiger partial charge in [-0.3, -0.25) is 19.3 Å². The van der Waals surface area contributed by atoms with Crippen LogP contribution in [-0.4, -0.2) is 17.7 Å². The van der Waals surface area contributed by atoms with Crippen LogP contribution >= 0.6 is 0 Å². The van der Waals surface area contributed by atoms with Gasteiger partial charge in [0, 0.05) is 5.69 Å². The SMILES string of the molecule is O=C(OCc1ccccc1)[C@H]1C(=O)C(=O)N(c2ccccc2)[C@@H]1c1ccccc1. The largest absolute Gasteiger partial charge is 0.460 e. The maximum absolute atomic E-state index is 12.9. The summed E-state index contributed by atoms with van der Waals surface area (Å²) in [5.41, 5.74) is 2.09. The quantitative estimate of drug-likeness (QED) is 0.382. The van der Waals surface area contributed by atoms with Crippen molar-refractivity contribution in [2.75, 3.05) is 4.90 Å². The van der Waals surface area contributed by atoms with E-state index in [0.717, 1.165) is 5.56 Å². The number of esters is 1. The molecule has 4 rings (SSSR count). The summed E-state index contributed by atoms with van der Waals surface area (Å²) in [5.74, 6) is -3.36. The summed E-state index contributed by atoms with van der Waals surface area (Å²) in [4.78, 5) is 40.0. The molecular weight excluding hydrogens is 366 g/mol. The lowest BCUT2D eigenvalue weighted by Crippen LogP contribution is -2.31. The van der Waals surface area contributed by atoms with Crippen LogP contribution in [0.2, 0.25) is 0 Å². The van der Waals surface area contributed by atoms with Crippen molar-refractivity contribution >= 4 is 23.3 Å². The van der Waals surface area contributed by atoms with Crippen LogP contribution < -0.4 is 4.90 Å². The van der Waals surface area contributed by atoms with Gasteiger partial charge in [-0.1, -0.05) is 78.9 Å². The number of hydrogen-bond donors (Lipinski definition) is 0. The van der Waals surface area contributed by atoms with E-state index < -0.39 is 29.6 Å². The minimum absolute atomic E-state index is 0.0461. The number of ketones is 1. The predicted molar refractivity (Wildman–Crippen MR) is 108 cm³/mol. The Kier molecular flexibility index (Phi) is 5.20. The molecule has 1 heterocycles. The van der Waals surface area contributed by atoms with Gasteiger partial charge in [0.1, 0.15) is 12.5 Å². The zero-order chi connectivity index (χ0) is 20.2. The van der Waals surface area contributed by atoms with Gasteiger partial charge in [-0.25, -0.2) is 0 Å². The van der Waals surface area contributed by atoms with Gasteiger partial charge in [0.15, 0.2) is 0 Å². The van der Waals surface area contributed by atoms with E-state index in [2.05, 4.69) is 0 Å². The molecule has 3 aromatic carbocycles. The highest BCUT2D eigenvalue weighted by molar-refractivity contribution is 6.47. The van der Waals surface area contributed by atoms with Crippen molar-refractivity contribution in [3.05, 3.63) is 102 Å². The van der Waals surface area contributed by atoms with E-state index in [-0.39, 0.29) is 6.61 Å². The molecule has 0 spiro atoms. The van der Waals surface area contributed by atoms with Crippen LogP contribution in [0.25, 0.3) is 0 Å². The highest BCUT2D eigenvalue weighted by Gasteiger charge is 2.53. The molecule has 1 saturated heterocycles. The highest BCUT2D eigenvalue weighted by Crippen LogP contribution is 2.40. The summed E-state index contributed by atoms with van der Waals surface area (Å²) in [6, 6.07) is 26.5. The topological polar surface area (TPSA) is 63.7 Å². The first-order valence-corrected chi connectivity index (χ1v) is 9.35. The fourth-order valence-corrected chi connectivity index (χ4v) is 3.58. The number of Topliss-reactive ketones (excluding diaryl/α,β-unsaturated/α-hetero) is 1. The molecule has 1 fully saturated rings. The lowest BCUT2D eigenvalue weighted by Gasteiger charge is -2.27. The van der Waals surface area contributed by atoms with E-state index in [4.69, 9.17) is 4.74 Å². The van der Waals surface area contributed by atoms with Crippen molar-refractivity contribution < 1.29 is 19.1 Å². The molecule has 0 saturated carbocycles. The minimum Gasteiger partial charge on any atom is -0.460 e. The van der Waals surface area contributed by atoms with E-state index in [1.54, 1.807) is 24.3 Å². The van der Waals surface area contributed by atoms with Gasteiger partial charge < -0.3 is 4.74 Å². The molecule has 29 heavy (non-hydrogen) atoms. The Balaban J connectivity index is 1.68. The Labute approximate surface area is 168 Å². The van der Waals surface area contributed by atoms with Crippen LogP contribution in [0.1, 0.15) is 17.2 Å². The van der Waals surface area contributed by atoms with Crippen LogP contribution in [0.15, 0.2) is 91.0 Å². The first-order valence-electron chi connectivity index (χ1n) is 9.35. The van der Waals surface area contributed by atoms with Gasteiger partial charge in [0.05, 0.1) is 6.04 Å². The molecule has 3 aromatic rings. The van der Waals surface area contributed by atoms with Crippen molar-refractivity contribution in [1.29, 1.82) is 0 Å². The van der Waals surface area contributed by atoms with Crippen molar-refractivity contribution in [1.82, 2.24) is 0 Å². The zero-order valence-corrected chi connectivity index (χ0v) is 15.6. The first kappa shape index (κ1) is 18.6. The summed E-state index contributed by atoms with van der Waals surface area (Å²) >= 11 is 0. The van der Waals surface area contributed by atoms with Crippen LogP contribution in [0.3, 0.4) is 0 Å². The Morgan fingerprint density at radius 3 is 1.97 bits per heavy atom. The van der Waals surface area contributed by atoms with Gasteiger partial charge in [0.25, 0.3) is 5.91 Å². The molecule has 1 amide bonds. The maximum atomic E-state index is 12.9. The van der Waals surface area contributed by atoms with E-state index in [0.29, 0.717) is 11.3 Å².